The van der Waals surface area contributed by atoms with E-state index in [2.05, 4.69) is 5.32 Å². The van der Waals surface area contributed by atoms with Gasteiger partial charge in [-0.1, -0.05) is 36.4 Å². The SMILES string of the molecule is CN(C(=O)/C=C\c1ccc2c(c1)OCO2)[C@H](C(=O)Nc1ccc2c(c1)OCO2)c1ccccc1. The molecule has 34 heavy (non-hydrogen) atoms. The van der Waals surface area contributed by atoms with Crippen molar-refractivity contribution in [2.24, 2.45) is 0 Å². The summed E-state index contributed by atoms with van der Waals surface area (Å²) in [6, 6.07) is 18.9. The Hall–Kier alpha value is -4.46. The molecule has 5 rings (SSSR count). The van der Waals surface area contributed by atoms with Crippen LogP contribution in [-0.2, 0) is 9.59 Å². The zero-order valence-corrected chi connectivity index (χ0v) is 18.4. The Balaban J connectivity index is 1.35. The van der Waals surface area contributed by atoms with Gasteiger partial charge in [0, 0.05) is 24.9 Å². The van der Waals surface area contributed by atoms with Gasteiger partial charge in [-0.2, -0.15) is 0 Å². The van der Waals surface area contributed by atoms with Crippen LogP contribution in [0.25, 0.3) is 6.08 Å². The predicted molar refractivity (Wildman–Crippen MR) is 125 cm³/mol. The molecule has 0 aliphatic carbocycles. The highest BCUT2D eigenvalue weighted by molar-refractivity contribution is 6.00. The number of fused-ring (bicyclic) bond motifs is 2. The topological polar surface area (TPSA) is 86.3 Å². The Bertz CT molecular complexity index is 1260. The number of hydrogen-bond acceptors (Lipinski definition) is 6. The van der Waals surface area contributed by atoms with Gasteiger partial charge in [0.15, 0.2) is 23.0 Å². The van der Waals surface area contributed by atoms with E-state index in [1.165, 1.54) is 11.0 Å². The van der Waals surface area contributed by atoms with Crippen molar-refractivity contribution >= 4 is 23.6 Å². The largest absolute Gasteiger partial charge is 0.454 e. The van der Waals surface area contributed by atoms with Crippen LogP contribution in [0.1, 0.15) is 17.2 Å². The van der Waals surface area contributed by atoms with E-state index in [1.807, 2.05) is 36.4 Å². The molecule has 2 amide bonds. The van der Waals surface area contributed by atoms with Crippen molar-refractivity contribution in [1.29, 1.82) is 0 Å². The molecule has 3 aromatic carbocycles. The molecule has 3 aromatic rings. The standard InChI is InChI=1S/C26H22N2O6/c1-28(24(29)12-8-17-7-10-20-22(13-17)33-15-31-20)25(18-5-3-2-4-6-18)26(30)27-19-9-11-21-23(14-19)34-16-32-21/h2-14,25H,15-16H2,1H3,(H,27,30)/b12-8-/t25-/m0/s1. The molecule has 0 unspecified atom stereocenters. The second-order valence-electron chi connectivity index (χ2n) is 7.77. The van der Waals surface area contributed by atoms with Crippen molar-refractivity contribution in [2.75, 3.05) is 26.0 Å². The van der Waals surface area contributed by atoms with Crippen molar-refractivity contribution < 1.29 is 28.5 Å². The average Bonchev–Trinajstić information content (AvgIpc) is 3.52. The van der Waals surface area contributed by atoms with E-state index >= 15 is 0 Å². The zero-order chi connectivity index (χ0) is 23.5. The number of anilines is 1. The first-order valence-corrected chi connectivity index (χ1v) is 10.7. The van der Waals surface area contributed by atoms with Crippen LogP contribution in [0.4, 0.5) is 5.69 Å². The van der Waals surface area contributed by atoms with Gasteiger partial charge >= 0.3 is 0 Å². The maximum atomic E-state index is 13.3. The third-order valence-corrected chi connectivity index (χ3v) is 5.55. The first-order valence-electron chi connectivity index (χ1n) is 10.7. The van der Waals surface area contributed by atoms with Gasteiger partial charge in [0.05, 0.1) is 0 Å². The minimum Gasteiger partial charge on any atom is -0.454 e. The molecule has 172 valence electrons. The smallest absolute Gasteiger partial charge is 0.251 e. The fourth-order valence-electron chi connectivity index (χ4n) is 3.80. The van der Waals surface area contributed by atoms with E-state index < -0.39 is 6.04 Å². The molecule has 0 spiro atoms. The van der Waals surface area contributed by atoms with Gasteiger partial charge in [-0.3, -0.25) is 9.59 Å². The highest BCUT2D eigenvalue weighted by atomic mass is 16.7. The van der Waals surface area contributed by atoms with Gasteiger partial charge in [-0.15, -0.1) is 0 Å². The first-order chi connectivity index (χ1) is 16.6. The molecule has 0 saturated heterocycles. The van der Waals surface area contributed by atoms with Crippen LogP contribution in [-0.4, -0.2) is 37.3 Å². The molecule has 0 aromatic heterocycles. The van der Waals surface area contributed by atoms with Gasteiger partial charge in [0.1, 0.15) is 6.04 Å². The van der Waals surface area contributed by atoms with Gasteiger partial charge in [-0.25, -0.2) is 0 Å². The van der Waals surface area contributed by atoms with Crippen LogP contribution in [0, 0.1) is 0 Å². The molecular formula is C26H22N2O6. The lowest BCUT2D eigenvalue weighted by Crippen LogP contribution is -2.37. The molecule has 0 fully saturated rings. The van der Waals surface area contributed by atoms with Crippen molar-refractivity contribution in [2.45, 2.75) is 6.04 Å². The molecule has 1 atom stereocenters. The number of carbonyl (C=O) groups excluding carboxylic acids is 2. The van der Waals surface area contributed by atoms with E-state index in [4.69, 9.17) is 18.9 Å². The summed E-state index contributed by atoms with van der Waals surface area (Å²) in [6.45, 7) is 0.327. The molecule has 2 heterocycles. The Morgan fingerprint density at radius 2 is 1.50 bits per heavy atom. The van der Waals surface area contributed by atoms with Crippen LogP contribution in [0.3, 0.4) is 0 Å². The summed E-state index contributed by atoms with van der Waals surface area (Å²) < 4.78 is 21.4. The summed E-state index contributed by atoms with van der Waals surface area (Å²) in [5, 5.41) is 2.89. The van der Waals surface area contributed by atoms with E-state index in [1.54, 1.807) is 43.5 Å². The van der Waals surface area contributed by atoms with Crippen molar-refractivity contribution in [3.8, 4) is 23.0 Å². The molecule has 8 nitrogen and oxygen atoms in total. The van der Waals surface area contributed by atoms with Crippen LogP contribution < -0.4 is 24.3 Å². The van der Waals surface area contributed by atoms with E-state index in [9.17, 15) is 9.59 Å². The van der Waals surface area contributed by atoms with Crippen LogP contribution >= 0.6 is 0 Å². The van der Waals surface area contributed by atoms with Gasteiger partial charge < -0.3 is 29.2 Å². The minimum atomic E-state index is -0.847. The number of likely N-dealkylation sites (N-methyl/N-ethyl adjacent to an activating group) is 1. The maximum Gasteiger partial charge on any atom is 0.251 e. The Labute approximate surface area is 196 Å². The first kappa shape index (κ1) is 21.4. The predicted octanol–water partition coefficient (Wildman–Crippen LogP) is 4.00. The van der Waals surface area contributed by atoms with Crippen LogP contribution in [0.15, 0.2) is 72.8 Å². The lowest BCUT2D eigenvalue weighted by atomic mass is 10.0. The number of nitrogens with zero attached hydrogens (tertiary/aromatic N) is 1. The average molecular weight is 458 g/mol. The molecule has 8 heteroatoms. The molecule has 1 N–H and O–H groups in total. The van der Waals surface area contributed by atoms with Gasteiger partial charge in [-0.05, 0) is 41.5 Å². The quantitative estimate of drug-likeness (QED) is 0.562. The number of nitrogens with one attached hydrogen (secondary N) is 1. The van der Waals surface area contributed by atoms with E-state index in [-0.39, 0.29) is 25.4 Å². The summed E-state index contributed by atoms with van der Waals surface area (Å²) in [4.78, 5) is 27.8. The van der Waals surface area contributed by atoms with Crippen molar-refractivity contribution in [1.82, 2.24) is 4.90 Å². The number of rotatable bonds is 6. The maximum absolute atomic E-state index is 13.3. The number of benzene rings is 3. The third-order valence-electron chi connectivity index (χ3n) is 5.55. The fourth-order valence-corrected chi connectivity index (χ4v) is 3.80. The molecule has 0 radical (unpaired) electrons. The second-order valence-corrected chi connectivity index (χ2v) is 7.77. The second kappa shape index (κ2) is 9.19. The Morgan fingerprint density at radius 1 is 0.853 bits per heavy atom. The van der Waals surface area contributed by atoms with Crippen molar-refractivity contribution in [3.63, 3.8) is 0 Å². The number of amides is 2. The Kier molecular flexibility index (Phi) is 5.78. The van der Waals surface area contributed by atoms with Gasteiger partial charge in [0.25, 0.3) is 5.91 Å². The molecule has 2 aliphatic rings. The summed E-state index contributed by atoms with van der Waals surface area (Å²) in [6.07, 6.45) is 3.11. The van der Waals surface area contributed by atoms with E-state index in [0.29, 0.717) is 34.2 Å². The lowest BCUT2D eigenvalue weighted by Gasteiger charge is -2.27. The van der Waals surface area contributed by atoms with Crippen LogP contribution in [0.5, 0.6) is 23.0 Å². The number of ether oxygens (including phenoxy) is 4. The molecular weight excluding hydrogens is 436 g/mol. The third kappa shape index (κ3) is 4.38. The molecule has 0 bridgehead atoms. The number of carbonyl (C=O) groups is 2. The normalized spacial score (nSPS) is 14.1. The fraction of sp³-hybridized carbons (Fsp3) is 0.154. The van der Waals surface area contributed by atoms with Gasteiger partial charge in [0.2, 0.25) is 19.5 Å². The molecule has 2 aliphatic heterocycles. The number of hydrogen-bond donors (Lipinski definition) is 1. The minimum absolute atomic E-state index is 0.145. The zero-order valence-electron chi connectivity index (χ0n) is 18.4. The summed E-state index contributed by atoms with van der Waals surface area (Å²) >= 11 is 0. The van der Waals surface area contributed by atoms with E-state index in [0.717, 1.165) is 5.56 Å². The lowest BCUT2D eigenvalue weighted by molar-refractivity contribution is -0.133. The summed E-state index contributed by atoms with van der Waals surface area (Å²) in [7, 11) is 1.60. The summed E-state index contributed by atoms with van der Waals surface area (Å²) in [5.41, 5.74) is 2.02. The molecule has 0 saturated carbocycles. The highest BCUT2D eigenvalue weighted by Crippen LogP contribution is 2.35. The monoisotopic (exact) mass is 458 g/mol. The Morgan fingerprint density at radius 3 is 2.24 bits per heavy atom. The highest BCUT2D eigenvalue weighted by Gasteiger charge is 2.28. The van der Waals surface area contributed by atoms with Crippen molar-refractivity contribution in [3.05, 3.63) is 83.9 Å². The summed E-state index contributed by atoms with van der Waals surface area (Å²) in [5.74, 6) is 1.81. The van der Waals surface area contributed by atoms with Crippen LogP contribution in [0.2, 0.25) is 0 Å².